The summed E-state index contributed by atoms with van der Waals surface area (Å²) in [7, 11) is 1.65. The van der Waals surface area contributed by atoms with Crippen LogP contribution in [0.2, 0.25) is 0 Å². The number of anilines is 3. The highest BCUT2D eigenvalue weighted by Crippen LogP contribution is 2.25. The number of thioether (sulfide) groups is 1. The van der Waals surface area contributed by atoms with Crippen LogP contribution in [0.15, 0.2) is 72.1 Å². The Hall–Kier alpha value is -3.59. The van der Waals surface area contributed by atoms with Crippen LogP contribution in [0.25, 0.3) is 5.69 Å². The Morgan fingerprint density at radius 2 is 1.83 bits per heavy atom. The molecule has 0 radical (unpaired) electrons. The van der Waals surface area contributed by atoms with E-state index in [1.54, 1.807) is 13.3 Å². The van der Waals surface area contributed by atoms with Crippen molar-refractivity contribution in [2.75, 3.05) is 18.2 Å². The van der Waals surface area contributed by atoms with E-state index in [2.05, 4.69) is 25.3 Å². The first-order valence-corrected chi connectivity index (χ1v) is 9.83. The van der Waals surface area contributed by atoms with Crippen LogP contribution in [-0.4, -0.2) is 31.6 Å². The van der Waals surface area contributed by atoms with Gasteiger partial charge in [-0.15, -0.1) is 0 Å². The Labute approximate surface area is 172 Å². The second-order valence-electron chi connectivity index (χ2n) is 5.99. The first kappa shape index (κ1) is 18.8. The quantitative estimate of drug-likeness (QED) is 0.449. The van der Waals surface area contributed by atoms with Gasteiger partial charge in [0.2, 0.25) is 11.9 Å². The minimum absolute atomic E-state index is 0.174. The van der Waals surface area contributed by atoms with Gasteiger partial charge in [-0.25, -0.2) is 4.98 Å². The van der Waals surface area contributed by atoms with Crippen LogP contribution in [0, 0.1) is 0 Å². The highest BCUT2D eigenvalue weighted by molar-refractivity contribution is 7.98. The molecule has 0 saturated heterocycles. The number of hydrogen-bond donors (Lipinski definition) is 2. The van der Waals surface area contributed by atoms with E-state index < -0.39 is 0 Å². The van der Waals surface area contributed by atoms with Gasteiger partial charge in [-0.1, -0.05) is 30.0 Å². The smallest absolute Gasteiger partial charge is 0.232 e. The summed E-state index contributed by atoms with van der Waals surface area (Å²) in [5.41, 5.74) is 7.74. The lowest BCUT2D eigenvalue weighted by molar-refractivity contribution is 0.414. The van der Waals surface area contributed by atoms with Crippen LogP contribution >= 0.6 is 11.8 Å². The van der Waals surface area contributed by atoms with E-state index in [0.717, 1.165) is 22.3 Å². The first-order valence-electron chi connectivity index (χ1n) is 8.84. The van der Waals surface area contributed by atoms with Crippen molar-refractivity contribution in [3.63, 3.8) is 0 Å². The molecule has 146 valence electrons. The fourth-order valence-electron chi connectivity index (χ4n) is 2.67. The summed E-state index contributed by atoms with van der Waals surface area (Å²) < 4.78 is 7.21. The molecule has 0 spiro atoms. The van der Waals surface area contributed by atoms with Gasteiger partial charge in [0.15, 0.2) is 5.16 Å². The summed E-state index contributed by atoms with van der Waals surface area (Å²) in [5.74, 6) is 2.47. The molecule has 9 heteroatoms. The number of imidazole rings is 1. The molecular formula is C20H19N7OS. The number of nitrogens with one attached hydrogen (secondary N) is 1. The summed E-state index contributed by atoms with van der Waals surface area (Å²) in [5, 5.41) is 3.97. The zero-order valence-corrected chi connectivity index (χ0v) is 16.5. The van der Waals surface area contributed by atoms with Crippen molar-refractivity contribution in [2.24, 2.45) is 0 Å². The molecule has 3 N–H and O–H groups in total. The third-order valence-corrected chi connectivity index (χ3v) is 4.98. The molecule has 2 aromatic carbocycles. The number of nitrogen functional groups attached to an aromatic ring is 1. The molecule has 0 aliphatic heterocycles. The van der Waals surface area contributed by atoms with Crippen LogP contribution < -0.4 is 15.8 Å². The van der Waals surface area contributed by atoms with Gasteiger partial charge in [0.05, 0.1) is 12.9 Å². The van der Waals surface area contributed by atoms with E-state index in [9.17, 15) is 0 Å². The molecule has 8 nitrogen and oxygen atoms in total. The number of methoxy groups -OCH3 is 1. The van der Waals surface area contributed by atoms with Crippen LogP contribution in [0.1, 0.15) is 5.82 Å². The second kappa shape index (κ2) is 8.61. The number of nitrogens with zero attached hydrogens (tertiary/aromatic N) is 5. The zero-order valence-electron chi connectivity index (χ0n) is 15.7. The van der Waals surface area contributed by atoms with Gasteiger partial charge in [0, 0.05) is 23.8 Å². The monoisotopic (exact) mass is 405 g/mol. The highest BCUT2D eigenvalue weighted by atomic mass is 32.2. The molecular weight excluding hydrogens is 386 g/mol. The number of hydrogen-bond acceptors (Lipinski definition) is 8. The van der Waals surface area contributed by atoms with E-state index in [-0.39, 0.29) is 5.95 Å². The van der Waals surface area contributed by atoms with Gasteiger partial charge in [0.1, 0.15) is 11.6 Å². The fraction of sp³-hybridized carbons (Fsp3) is 0.100. The number of aromatic nitrogens is 5. The minimum Gasteiger partial charge on any atom is -0.497 e. The maximum Gasteiger partial charge on any atom is 0.232 e. The lowest BCUT2D eigenvalue weighted by Crippen LogP contribution is -2.06. The predicted octanol–water partition coefficient (Wildman–Crippen LogP) is 3.68. The van der Waals surface area contributed by atoms with E-state index in [1.807, 2.05) is 65.4 Å². The normalized spacial score (nSPS) is 10.7. The molecule has 0 unspecified atom stereocenters. The predicted molar refractivity (Wildman–Crippen MR) is 114 cm³/mol. The fourth-order valence-corrected chi connectivity index (χ4v) is 3.50. The van der Waals surface area contributed by atoms with Crippen LogP contribution in [0.3, 0.4) is 0 Å². The number of ether oxygens (including phenoxy) is 1. The zero-order chi connectivity index (χ0) is 20.1. The molecule has 0 bridgehead atoms. The van der Waals surface area contributed by atoms with E-state index in [0.29, 0.717) is 17.5 Å². The summed E-state index contributed by atoms with van der Waals surface area (Å²) in [6.45, 7) is 0. The second-order valence-corrected chi connectivity index (χ2v) is 6.93. The van der Waals surface area contributed by atoms with Gasteiger partial charge in [-0.3, -0.25) is 4.57 Å². The number of rotatable bonds is 7. The van der Waals surface area contributed by atoms with Crippen molar-refractivity contribution >= 4 is 29.3 Å². The Morgan fingerprint density at radius 1 is 1.03 bits per heavy atom. The first-order chi connectivity index (χ1) is 14.2. The molecule has 0 fully saturated rings. The average Bonchev–Trinajstić information content (AvgIpc) is 3.21. The highest BCUT2D eigenvalue weighted by Gasteiger charge is 2.10. The van der Waals surface area contributed by atoms with Gasteiger partial charge in [-0.2, -0.15) is 15.0 Å². The Balaban J connectivity index is 1.49. The summed E-state index contributed by atoms with van der Waals surface area (Å²) in [6.07, 6.45) is 3.67. The van der Waals surface area contributed by atoms with Crippen molar-refractivity contribution in [2.45, 2.75) is 10.9 Å². The lowest BCUT2D eigenvalue weighted by Gasteiger charge is -2.09. The average molecular weight is 405 g/mol. The van der Waals surface area contributed by atoms with E-state index in [1.165, 1.54) is 11.8 Å². The molecule has 0 amide bonds. The molecule has 4 rings (SSSR count). The number of benzene rings is 2. The summed E-state index contributed by atoms with van der Waals surface area (Å²) in [6, 6.07) is 17.5. The molecule has 0 aliphatic rings. The van der Waals surface area contributed by atoms with Crippen LogP contribution in [0.4, 0.5) is 17.6 Å². The standard InChI is InChI=1S/C20H19N7OS/c1-28-16-9-7-15(8-10-16)27-12-11-22-20(27)29-13-17-24-18(21)26-19(25-17)23-14-5-3-2-4-6-14/h2-12H,13H2,1H3,(H3,21,23,24,25,26). The maximum absolute atomic E-state index is 5.87. The van der Waals surface area contributed by atoms with Crippen LogP contribution in [-0.2, 0) is 5.75 Å². The topological polar surface area (TPSA) is 104 Å². The van der Waals surface area contributed by atoms with Gasteiger partial charge in [-0.05, 0) is 36.4 Å². The summed E-state index contributed by atoms with van der Waals surface area (Å²) >= 11 is 1.52. The number of para-hydroxylation sites is 1. The molecule has 2 aromatic heterocycles. The SMILES string of the molecule is COc1ccc(-n2ccnc2SCc2nc(N)nc(Nc3ccccc3)n2)cc1. The van der Waals surface area contributed by atoms with Gasteiger partial charge < -0.3 is 15.8 Å². The maximum atomic E-state index is 5.87. The molecule has 0 saturated carbocycles. The molecule has 2 heterocycles. The van der Waals surface area contributed by atoms with Crippen LogP contribution in [0.5, 0.6) is 5.75 Å². The molecule has 4 aromatic rings. The largest absolute Gasteiger partial charge is 0.497 e. The third kappa shape index (κ3) is 4.64. The van der Waals surface area contributed by atoms with Crippen molar-refractivity contribution in [3.8, 4) is 11.4 Å². The van der Waals surface area contributed by atoms with Crippen molar-refractivity contribution in [1.82, 2.24) is 24.5 Å². The third-order valence-electron chi connectivity index (χ3n) is 4.02. The van der Waals surface area contributed by atoms with Gasteiger partial charge >= 0.3 is 0 Å². The van der Waals surface area contributed by atoms with Crippen molar-refractivity contribution < 1.29 is 4.74 Å². The van der Waals surface area contributed by atoms with E-state index >= 15 is 0 Å². The molecule has 29 heavy (non-hydrogen) atoms. The minimum atomic E-state index is 0.174. The Bertz CT molecular complexity index is 1080. The van der Waals surface area contributed by atoms with Crippen molar-refractivity contribution in [3.05, 3.63) is 72.8 Å². The summed E-state index contributed by atoms with van der Waals surface area (Å²) in [4.78, 5) is 17.3. The Kier molecular flexibility index (Phi) is 5.57. The lowest BCUT2D eigenvalue weighted by atomic mass is 10.3. The van der Waals surface area contributed by atoms with Crippen molar-refractivity contribution in [1.29, 1.82) is 0 Å². The van der Waals surface area contributed by atoms with Gasteiger partial charge in [0.25, 0.3) is 0 Å². The molecule has 0 atom stereocenters. The Morgan fingerprint density at radius 3 is 2.59 bits per heavy atom. The number of nitrogens with two attached hydrogens (primary N) is 1. The molecule has 0 aliphatic carbocycles. The van der Waals surface area contributed by atoms with E-state index in [4.69, 9.17) is 10.5 Å².